The van der Waals surface area contributed by atoms with E-state index in [-0.39, 0.29) is 0 Å². The standard InChI is InChI=1S/C13H23OS.CHF3O3S/c1-15(11-7-3-2-4-8-11)13-10-6-5-9-12(13)14;2-1(3,4)8(5,6)7/h11,13H,2-10H2,1H3;(H,5,6,7)/q+1;/p-1. The third-order valence-electron chi connectivity index (χ3n) is 4.31. The number of Topliss-reactive ketones (excluding diaryl/α,β-unsaturated/α-hetero) is 1. The molecule has 2 atom stereocenters. The van der Waals surface area contributed by atoms with Crippen LogP contribution in [-0.4, -0.2) is 41.0 Å². The van der Waals surface area contributed by atoms with Crippen LogP contribution >= 0.6 is 0 Å². The van der Waals surface area contributed by atoms with Gasteiger partial charge in [-0.3, -0.25) is 4.79 Å². The van der Waals surface area contributed by atoms with E-state index in [0.29, 0.717) is 21.9 Å². The average Bonchev–Trinajstić information content (AvgIpc) is 2.46. The zero-order valence-corrected chi connectivity index (χ0v) is 14.7. The van der Waals surface area contributed by atoms with Gasteiger partial charge in [0.1, 0.15) is 5.25 Å². The van der Waals surface area contributed by atoms with Crippen LogP contribution in [0, 0.1) is 0 Å². The molecule has 136 valence electrons. The molecule has 0 aliphatic heterocycles. The largest absolute Gasteiger partial charge is 0.741 e. The summed E-state index contributed by atoms with van der Waals surface area (Å²) in [5.41, 5.74) is -5.65. The molecule has 2 rings (SSSR count). The first-order chi connectivity index (χ1) is 10.5. The van der Waals surface area contributed by atoms with Gasteiger partial charge in [-0.25, -0.2) is 8.42 Å². The van der Waals surface area contributed by atoms with Gasteiger partial charge in [-0.15, -0.1) is 0 Å². The smallest absolute Gasteiger partial charge is 0.485 e. The fourth-order valence-corrected chi connectivity index (χ4v) is 5.63. The summed E-state index contributed by atoms with van der Waals surface area (Å²) in [6.45, 7) is 0. The lowest BCUT2D eigenvalue weighted by atomic mass is 9.99. The Bertz CT molecular complexity index is 485. The van der Waals surface area contributed by atoms with Crippen LogP contribution < -0.4 is 0 Å². The first-order valence-corrected chi connectivity index (χ1v) is 10.9. The minimum Gasteiger partial charge on any atom is -0.741 e. The molecular formula is C14H23F3O4S2. The van der Waals surface area contributed by atoms with Crippen molar-refractivity contribution in [1.29, 1.82) is 0 Å². The summed E-state index contributed by atoms with van der Waals surface area (Å²) in [4.78, 5) is 11.9. The van der Waals surface area contributed by atoms with Gasteiger partial charge >= 0.3 is 5.51 Å². The molecule has 0 aromatic rings. The topological polar surface area (TPSA) is 74.3 Å². The molecule has 0 amide bonds. The van der Waals surface area contributed by atoms with Crippen molar-refractivity contribution < 1.29 is 30.9 Å². The molecule has 0 aromatic carbocycles. The van der Waals surface area contributed by atoms with Crippen molar-refractivity contribution in [3.63, 3.8) is 0 Å². The van der Waals surface area contributed by atoms with E-state index in [1.165, 1.54) is 44.9 Å². The monoisotopic (exact) mass is 376 g/mol. The lowest BCUT2D eigenvalue weighted by Crippen LogP contribution is -2.39. The molecule has 0 bridgehead atoms. The number of halogens is 3. The second-order valence-corrected chi connectivity index (χ2v) is 9.79. The molecule has 2 aliphatic carbocycles. The first-order valence-electron chi connectivity index (χ1n) is 7.72. The normalized spacial score (nSPS) is 25.4. The molecule has 4 nitrogen and oxygen atoms in total. The summed E-state index contributed by atoms with van der Waals surface area (Å²) in [5.74, 6) is 0.581. The fourth-order valence-electron chi connectivity index (χ4n) is 3.01. The summed E-state index contributed by atoms with van der Waals surface area (Å²) in [7, 11) is -5.71. The van der Waals surface area contributed by atoms with Crippen LogP contribution in [-0.2, 0) is 25.8 Å². The average molecular weight is 376 g/mol. The van der Waals surface area contributed by atoms with Gasteiger partial charge in [0.05, 0.1) is 6.26 Å². The van der Waals surface area contributed by atoms with Gasteiger partial charge in [-0.05, 0) is 49.4 Å². The van der Waals surface area contributed by atoms with E-state index in [1.807, 2.05) is 0 Å². The van der Waals surface area contributed by atoms with Gasteiger partial charge in [0.2, 0.25) is 0 Å². The van der Waals surface area contributed by atoms with Crippen LogP contribution in [0.25, 0.3) is 0 Å². The van der Waals surface area contributed by atoms with E-state index in [9.17, 15) is 18.0 Å². The van der Waals surface area contributed by atoms with E-state index >= 15 is 0 Å². The van der Waals surface area contributed by atoms with Crippen molar-refractivity contribution in [2.24, 2.45) is 0 Å². The maximum absolute atomic E-state index is 11.9. The molecule has 9 heteroatoms. The third kappa shape index (κ3) is 6.62. The highest BCUT2D eigenvalue weighted by molar-refractivity contribution is 7.98. The number of hydrogen-bond acceptors (Lipinski definition) is 4. The van der Waals surface area contributed by atoms with Crippen LogP contribution in [0.4, 0.5) is 13.2 Å². The van der Waals surface area contributed by atoms with Crippen LogP contribution in [0.1, 0.15) is 57.8 Å². The van der Waals surface area contributed by atoms with Crippen molar-refractivity contribution in [3.05, 3.63) is 0 Å². The minimum absolute atomic E-state index is 0.377. The molecule has 2 aliphatic rings. The molecule has 0 saturated heterocycles. The van der Waals surface area contributed by atoms with Crippen molar-refractivity contribution in [2.45, 2.75) is 73.8 Å². The summed E-state index contributed by atoms with van der Waals surface area (Å²) >= 11 is 0. The van der Waals surface area contributed by atoms with Gasteiger partial charge in [0.25, 0.3) is 0 Å². The SMILES string of the molecule is C[S+](C1CCCCC1)C1CCCCC1=O.O=S(=O)([O-])C(F)(F)F. The highest BCUT2D eigenvalue weighted by Crippen LogP contribution is 2.31. The molecule has 2 unspecified atom stereocenters. The van der Waals surface area contributed by atoms with Gasteiger partial charge in [0, 0.05) is 12.8 Å². The maximum Gasteiger partial charge on any atom is 0.485 e. The van der Waals surface area contributed by atoms with E-state index < -0.39 is 15.6 Å². The molecule has 2 fully saturated rings. The Balaban J connectivity index is 0.000000284. The molecule has 0 N–H and O–H groups in total. The second kappa shape index (κ2) is 8.71. The Morgan fingerprint density at radius 1 is 1.04 bits per heavy atom. The fraction of sp³-hybridized carbons (Fsp3) is 0.929. The summed E-state index contributed by atoms with van der Waals surface area (Å²) in [6.07, 6.45) is 13.9. The first kappa shape index (κ1) is 20.8. The van der Waals surface area contributed by atoms with E-state index in [0.717, 1.165) is 18.1 Å². The van der Waals surface area contributed by atoms with Gasteiger partial charge in [0.15, 0.2) is 21.2 Å². The number of alkyl halides is 3. The van der Waals surface area contributed by atoms with Crippen molar-refractivity contribution in [2.75, 3.05) is 6.26 Å². The predicted molar refractivity (Wildman–Crippen MR) is 83.2 cm³/mol. The summed E-state index contributed by atoms with van der Waals surface area (Å²) in [6, 6.07) is 0. The molecule has 23 heavy (non-hydrogen) atoms. The summed E-state index contributed by atoms with van der Waals surface area (Å²) in [5, 5.41) is 1.33. The highest BCUT2D eigenvalue weighted by atomic mass is 32.2. The Kier molecular flexibility index (Phi) is 7.86. The lowest BCUT2D eigenvalue weighted by Gasteiger charge is -2.27. The van der Waals surface area contributed by atoms with Gasteiger partial charge in [-0.1, -0.05) is 6.42 Å². The minimum atomic E-state index is -6.09. The Morgan fingerprint density at radius 2 is 1.52 bits per heavy atom. The Morgan fingerprint density at radius 3 is 1.96 bits per heavy atom. The molecule has 0 radical (unpaired) electrons. The molecular weight excluding hydrogens is 353 g/mol. The molecule has 0 spiro atoms. The van der Waals surface area contributed by atoms with Crippen LogP contribution in [0.2, 0.25) is 0 Å². The zero-order valence-electron chi connectivity index (χ0n) is 13.1. The summed E-state index contributed by atoms with van der Waals surface area (Å²) < 4.78 is 58.9. The quantitative estimate of drug-likeness (QED) is 0.422. The number of rotatable bonds is 2. The van der Waals surface area contributed by atoms with Crippen molar-refractivity contribution in [1.82, 2.24) is 0 Å². The number of hydrogen-bond donors (Lipinski definition) is 0. The molecule has 2 saturated carbocycles. The van der Waals surface area contributed by atoms with Crippen LogP contribution in [0.15, 0.2) is 0 Å². The second-order valence-electron chi connectivity index (χ2n) is 5.97. The van der Waals surface area contributed by atoms with Crippen molar-refractivity contribution >= 4 is 26.8 Å². The van der Waals surface area contributed by atoms with Crippen molar-refractivity contribution in [3.8, 4) is 0 Å². The van der Waals surface area contributed by atoms with E-state index in [2.05, 4.69) is 6.26 Å². The lowest BCUT2D eigenvalue weighted by molar-refractivity contribution is -0.119. The molecule has 0 heterocycles. The Labute approximate surface area is 138 Å². The third-order valence-corrected chi connectivity index (χ3v) is 7.79. The van der Waals surface area contributed by atoms with Crippen LogP contribution in [0.3, 0.4) is 0 Å². The Hall–Kier alpha value is -0.280. The van der Waals surface area contributed by atoms with E-state index in [1.54, 1.807) is 0 Å². The van der Waals surface area contributed by atoms with Gasteiger partial charge < -0.3 is 4.55 Å². The molecule has 0 aromatic heterocycles. The van der Waals surface area contributed by atoms with E-state index in [4.69, 9.17) is 13.0 Å². The number of carbonyl (C=O) groups excluding carboxylic acids is 1. The van der Waals surface area contributed by atoms with Crippen LogP contribution in [0.5, 0.6) is 0 Å². The highest BCUT2D eigenvalue weighted by Gasteiger charge is 2.40. The van der Waals surface area contributed by atoms with Gasteiger partial charge in [-0.2, -0.15) is 13.2 Å². The predicted octanol–water partition coefficient (Wildman–Crippen LogP) is 3.13. The maximum atomic E-state index is 11.9. The number of ketones is 1. The zero-order chi connectivity index (χ0) is 17.7. The number of carbonyl (C=O) groups is 1.